The zero-order valence-corrected chi connectivity index (χ0v) is 17.6. The summed E-state index contributed by atoms with van der Waals surface area (Å²) in [6.07, 6.45) is 0.795. The number of hydrogen-bond donors (Lipinski definition) is 2. The molecule has 2 aromatic carbocycles. The van der Waals surface area contributed by atoms with Gasteiger partial charge in [0.1, 0.15) is 5.69 Å². The van der Waals surface area contributed by atoms with Gasteiger partial charge >= 0.3 is 6.16 Å². The lowest BCUT2D eigenvalue weighted by atomic mass is 10.1. The Morgan fingerprint density at radius 1 is 1.14 bits per heavy atom. The number of benzene rings is 2. The Balaban J connectivity index is 1.62. The molecule has 3 aromatic rings. The Labute approximate surface area is 180 Å². The van der Waals surface area contributed by atoms with Gasteiger partial charge in [-0.1, -0.05) is 46.3 Å². The molecule has 2 N–H and O–H groups in total. The summed E-state index contributed by atoms with van der Waals surface area (Å²) >= 11 is 4.74. The molecule has 0 aliphatic heterocycles. The maximum atomic E-state index is 12.3. The van der Waals surface area contributed by atoms with Crippen LogP contribution in [0, 0.1) is 0 Å². The molecule has 0 aliphatic carbocycles. The molecule has 29 heavy (non-hydrogen) atoms. The van der Waals surface area contributed by atoms with E-state index in [1.54, 1.807) is 10.9 Å². The molecule has 0 aliphatic rings. The zero-order chi connectivity index (χ0) is 20.6. The fraction of sp³-hybridized carbons (Fsp3) is 0.150. The average Bonchev–Trinajstić information content (AvgIpc) is 3.07. The first-order valence-electron chi connectivity index (χ1n) is 8.70. The van der Waals surface area contributed by atoms with E-state index in [9.17, 15) is 9.59 Å². The Hall–Kier alpha value is -2.78. The van der Waals surface area contributed by atoms with Crippen LogP contribution in [0.3, 0.4) is 0 Å². The second kappa shape index (κ2) is 10.1. The molecule has 1 aromatic heterocycles. The van der Waals surface area contributed by atoms with Crippen molar-refractivity contribution in [1.82, 2.24) is 9.78 Å². The van der Waals surface area contributed by atoms with Crippen LogP contribution in [0.5, 0.6) is 5.88 Å². The number of nitrogens with one attached hydrogen (secondary N) is 1. The van der Waals surface area contributed by atoms with Crippen LogP contribution in [-0.4, -0.2) is 32.7 Å². The third-order valence-corrected chi connectivity index (χ3v) is 5.38. The number of anilines is 1. The fourth-order valence-electron chi connectivity index (χ4n) is 2.52. The van der Waals surface area contributed by atoms with Gasteiger partial charge in [-0.15, -0.1) is 16.9 Å². The predicted molar refractivity (Wildman–Crippen MR) is 115 cm³/mol. The van der Waals surface area contributed by atoms with E-state index in [-0.39, 0.29) is 23.2 Å². The van der Waals surface area contributed by atoms with Crippen LogP contribution < -0.4 is 10.1 Å². The first kappa shape index (κ1) is 20.9. The molecule has 0 saturated carbocycles. The Bertz CT molecular complexity index is 977. The van der Waals surface area contributed by atoms with Gasteiger partial charge in [0.25, 0.3) is 5.88 Å². The summed E-state index contributed by atoms with van der Waals surface area (Å²) in [6, 6.07) is 17.5. The van der Waals surface area contributed by atoms with Gasteiger partial charge in [-0.3, -0.25) is 9.48 Å². The summed E-state index contributed by atoms with van der Waals surface area (Å²) in [5.74, 6) is -0.258. The molecule has 0 fully saturated rings. The molecule has 0 radical (unpaired) electrons. The molecule has 0 atom stereocenters. The summed E-state index contributed by atoms with van der Waals surface area (Å²) in [7, 11) is 0. The number of aromatic nitrogens is 2. The number of hydrogen-bond acceptors (Lipinski definition) is 5. The number of amides is 1. The highest BCUT2D eigenvalue weighted by Gasteiger charge is 2.16. The Morgan fingerprint density at radius 3 is 2.55 bits per heavy atom. The second-order valence-electron chi connectivity index (χ2n) is 6.01. The van der Waals surface area contributed by atoms with Gasteiger partial charge in [-0.05, 0) is 36.2 Å². The van der Waals surface area contributed by atoms with E-state index >= 15 is 0 Å². The Morgan fingerprint density at radius 2 is 1.86 bits per heavy atom. The van der Waals surface area contributed by atoms with Gasteiger partial charge in [0.05, 0.1) is 11.9 Å². The minimum Gasteiger partial charge on any atom is -0.449 e. The lowest BCUT2D eigenvalue weighted by Gasteiger charge is -2.04. The van der Waals surface area contributed by atoms with Gasteiger partial charge in [0.15, 0.2) is 0 Å². The summed E-state index contributed by atoms with van der Waals surface area (Å²) in [4.78, 5) is 24.2. The minimum atomic E-state index is -1.49. The SMILES string of the molecule is O=C(CSc1ccc(Br)cc1)Nc1cn(CCc2ccccc2)nc1OC(=O)O. The summed E-state index contributed by atoms with van der Waals surface area (Å²) < 4.78 is 7.23. The highest BCUT2D eigenvalue weighted by Crippen LogP contribution is 2.25. The molecule has 0 unspecified atom stereocenters. The topological polar surface area (TPSA) is 93.5 Å². The van der Waals surface area contributed by atoms with Gasteiger partial charge in [0, 0.05) is 15.9 Å². The monoisotopic (exact) mass is 475 g/mol. The summed E-state index contributed by atoms with van der Waals surface area (Å²) in [5.41, 5.74) is 1.35. The fourth-order valence-corrected chi connectivity index (χ4v) is 3.48. The van der Waals surface area contributed by atoms with E-state index in [1.807, 2.05) is 54.6 Å². The molecule has 3 rings (SSSR count). The number of thioether (sulfide) groups is 1. The third kappa shape index (κ3) is 6.65. The van der Waals surface area contributed by atoms with E-state index in [1.165, 1.54) is 11.8 Å². The maximum Gasteiger partial charge on any atom is 0.512 e. The van der Waals surface area contributed by atoms with Gasteiger partial charge in [-0.25, -0.2) is 4.79 Å². The first-order valence-corrected chi connectivity index (χ1v) is 10.5. The van der Waals surface area contributed by atoms with E-state index in [0.29, 0.717) is 13.0 Å². The van der Waals surface area contributed by atoms with E-state index in [4.69, 9.17) is 9.84 Å². The van der Waals surface area contributed by atoms with Crippen molar-refractivity contribution >= 4 is 45.4 Å². The van der Waals surface area contributed by atoms with E-state index < -0.39 is 6.16 Å². The number of carboxylic acid groups (broad SMARTS) is 1. The van der Waals surface area contributed by atoms with Gasteiger partial charge in [0.2, 0.25) is 5.91 Å². The molecule has 1 amide bonds. The first-order chi connectivity index (χ1) is 14.0. The zero-order valence-electron chi connectivity index (χ0n) is 15.2. The predicted octanol–water partition coefficient (Wildman–Crippen LogP) is 4.68. The van der Waals surface area contributed by atoms with Gasteiger partial charge in [-0.2, -0.15) is 0 Å². The van der Waals surface area contributed by atoms with Crippen molar-refractivity contribution < 1.29 is 19.4 Å². The number of aryl methyl sites for hydroxylation is 2. The van der Waals surface area contributed by atoms with Crippen LogP contribution in [0.1, 0.15) is 5.56 Å². The van der Waals surface area contributed by atoms with E-state index in [0.717, 1.165) is 14.9 Å². The number of rotatable bonds is 8. The lowest BCUT2D eigenvalue weighted by molar-refractivity contribution is -0.113. The largest absolute Gasteiger partial charge is 0.512 e. The van der Waals surface area contributed by atoms with Crippen molar-refractivity contribution in [2.24, 2.45) is 0 Å². The minimum absolute atomic E-state index is 0.146. The molecule has 9 heteroatoms. The number of nitrogens with zero attached hydrogens (tertiary/aromatic N) is 2. The van der Waals surface area contributed by atoms with Crippen LogP contribution in [0.15, 0.2) is 70.2 Å². The normalized spacial score (nSPS) is 10.5. The second-order valence-corrected chi connectivity index (χ2v) is 7.97. The van der Waals surface area contributed by atoms with Crippen LogP contribution in [0.2, 0.25) is 0 Å². The van der Waals surface area contributed by atoms with Crippen molar-refractivity contribution in [3.05, 3.63) is 70.8 Å². The van der Waals surface area contributed by atoms with Crippen LogP contribution >= 0.6 is 27.7 Å². The standard InChI is InChI=1S/C20H18BrN3O4S/c21-15-6-8-16(9-7-15)29-13-18(25)22-17-12-24(23-19(17)28-20(26)27)11-10-14-4-2-1-3-5-14/h1-9,12H,10-11,13H2,(H,22,25)(H,26,27). The maximum absolute atomic E-state index is 12.3. The van der Waals surface area contributed by atoms with E-state index in [2.05, 4.69) is 26.3 Å². The number of halogens is 1. The number of ether oxygens (including phenoxy) is 1. The van der Waals surface area contributed by atoms with Crippen LogP contribution in [0.4, 0.5) is 10.5 Å². The molecule has 150 valence electrons. The summed E-state index contributed by atoms with van der Waals surface area (Å²) in [6.45, 7) is 0.517. The molecular formula is C20H18BrN3O4S. The molecule has 0 saturated heterocycles. The van der Waals surface area contributed by atoms with Crippen molar-refractivity contribution in [1.29, 1.82) is 0 Å². The average molecular weight is 476 g/mol. The summed E-state index contributed by atoms with van der Waals surface area (Å²) in [5, 5.41) is 15.7. The number of carbonyl (C=O) groups excluding carboxylic acids is 1. The van der Waals surface area contributed by atoms with Gasteiger partial charge < -0.3 is 15.2 Å². The molecule has 0 bridgehead atoms. The molecule has 1 heterocycles. The van der Waals surface area contributed by atoms with Crippen molar-refractivity contribution in [3.63, 3.8) is 0 Å². The lowest BCUT2D eigenvalue weighted by Crippen LogP contribution is -2.15. The third-order valence-electron chi connectivity index (χ3n) is 3.84. The van der Waals surface area contributed by atoms with Crippen molar-refractivity contribution in [3.8, 4) is 5.88 Å². The smallest absolute Gasteiger partial charge is 0.449 e. The van der Waals surface area contributed by atoms with Crippen LogP contribution in [0.25, 0.3) is 0 Å². The van der Waals surface area contributed by atoms with Crippen molar-refractivity contribution in [2.45, 2.75) is 17.9 Å². The van der Waals surface area contributed by atoms with Crippen LogP contribution in [-0.2, 0) is 17.8 Å². The Kier molecular flexibility index (Phi) is 7.31. The quantitative estimate of drug-likeness (QED) is 0.363. The highest BCUT2D eigenvalue weighted by atomic mass is 79.9. The highest BCUT2D eigenvalue weighted by molar-refractivity contribution is 9.10. The number of carbonyl (C=O) groups is 2. The molecule has 0 spiro atoms. The van der Waals surface area contributed by atoms with Crippen molar-refractivity contribution in [2.75, 3.05) is 11.1 Å². The molecule has 7 nitrogen and oxygen atoms in total. The molecular weight excluding hydrogens is 458 g/mol.